The second-order valence-corrected chi connectivity index (χ2v) is 11.9. The Balaban J connectivity index is 1.88. The summed E-state index contributed by atoms with van der Waals surface area (Å²) in [5.74, 6) is -1.36. The van der Waals surface area contributed by atoms with Crippen LogP contribution >= 0.6 is 0 Å². The molecule has 254 valence electrons. The lowest BCUT2D eigenvalue weighted by Crippen LogP contribution is -2.48. The molecule has 0 spiro atoms. The molecule has 4 atom stereocenters. The molecule has 4 amide bonds. The number of amides is 4. The Morgan fingerprint density at radius 1 is 1.09 bits per heavy atom. The molecule has 2 aromatic rings. The maximum absolute atomic E-state index is 14.2. The highest BCUT2D eigenvalue weighted by molar-refractivity contribution is 5.99. The lowest BCUT2D eigenvalue weighted by molar-refractivity contribution is -0.142. The van der Waals surface area contributed by atoms with Gasteiger partial charge in [0.15, 0.2) is 0 Å². The molecule has 0 unspecified atom stereocenters. The van der Waals surface area contributed by atoms with Crippen molar-refractivity contribution in [2.45, 2.75) is 77.3 Å². The number of aliphatic hydroxyl groups is 1. The Morgan fingerprint density at radius 2 is 1.80 bits per heavy atom. The third-order valence-corrected chi connectivity index (χ3v) is 7.80. The quantitative estimate of drug-likeness (QED) is 0.326. The Kier molecular flexibility index (Phi) is 13.7. The van der Waals surface area contributed by atoms with Gasteiger partial charge < -0.3 is 35.0 Å². The Labute approximate surface area is 268 Å². The number of nitrogens with zero attached hydrogens (tertiary/aromatic N) is 2. The number of likely N-dealkylation sites (N-methyl/N-ethyl adjacent to an activating group) is 1. The molecule has 46 heavy (non-hydrogen) atoms. The van der Waals surface area contributed by atoms with Gasteiger partial charge in [-0.2, -0.15) is 13.2 Å². The summed E-state index contributed by atoms with van der Waals surface area (Å²) in [6.45, 7) is 5.94. The van der Waals surface area contributed by atoms with Crippen molar-refractivity contribution < 1.29 is 42.1 Å². The summed E-state index contributed by atoms with van der Waals surface area (Å²) < 4.78 is 50.4. The molecular formula is C33H45F3N4O6. The van der Waals surface area contributed by atoms with Gasteiger partial charge in [-0.1, -0.05) is 25.1 Å². The van der Waals surface area contributed by atoms with Crippen LogP contribution in [0.2, 0.25) is 0 Å². The van der Waals surface area contributed by atoms with E-state index in [1.165, 1.54) is 28.0 Å². The van der Waals surface area contributed by atoms with E-state index in [4.69, 9.17) is 9.47 Å². The fraction of sp³-hybridized carbons (Fsp3) is 0.545. The lowest BCUT2D eigenvalue weighted by Gasteiger charge is -2.35. The van der Waals surface area contributed by atoms with Gasteiger partial charge in [-0.15, -0.1) is 0 Å². The first-order valence-corrected chi connectivity index (χ1v) is 15.5. The van der Waals surface area contributed by atoms with Gasteiger partial charge in [0.2, 0.25) is 5.91 Å². The second kappa shape index (κ2) is 17.2. The van der Waals surface area contributed by atoms with Crippen LogP contribution in [-0.4, -0.2) is 90.5 Å². The summed E-state index contributed by atoms with van der Waals surface area (Å²) in [5, 5.41) is 15.4. The van der Waals surface area contributed by atoms with Crippen LogP contribution in [0.3, 0.4) is 0 Å². The molecule has 0 aromatic heterocycles. The van der Waals surface area contributed by atoms with E-state index < -0.39 is 43.0 Å². The van der Waals surface area contributed by atoms with Gasteiger partial charge in [-0.05, 0) is 63.4 Å². The van der Waals surface area contributed by atoms with Gasteiger partial charge in [0.1, 0.15) is 5.75 Å². The fourth-order valence-corrected chi connectivity index (χ4v) is 5.03. The summed E-state index contributed by atoms with van der Waals surface area (Å²) in [4.78, 5) is 42.4. The van der Waals surface area contributed by atoms with Crippen LogP contribution < -0.4 is 15.4 Å². The normalized spacial score (nSPS) is 20.5. The van der Waals surface area contributed by atoms with E-state index in [0.29, 0.717) is 18.7 Å². The topological polar surface area (TPSA) is 120 Å². The third-order valence-electron chi connectivity index (χ3n) is 7.80. The molecule has 10 nitrogen and oxygen atoms in total. The third kappa shape index (κ3) is 11.5. The van der Waals surface area contributed by atoms with Crippen molar-refractivity contribution in [3.63, 3.8) is 0 Å². The summed E-state index contributed by atoms with van der Waals surface area (Å²) in [7, 11) is 1.67. The van der Waals surface area contributed by atoms with Crippen molar-refractivity contribution in [3.05, 3.63) is 54.1 Å². The van der Waals surface area contributed by atoms with Crippen molar-refractivity contribution in [1.82, 2.24) is 9.80 Å². The summed E-state index contributed by atoms with van der Waals surface area (Å²) >= 11 is 0. The van der Waals surface area contributed by atoms with Gasteiger partial charge >= 0.3 is 12.2 Å². The standard InChI is InChI=1S/C33H45F3N4O6/c1-22-19-40(23(2)21-41)31(43)27-18-26(37-30(42)15-16-33(34,35)36)13-14-28(27)46-24(3)10-8-9-17-45-29(22)20-39(4)32(44)38-25-11-6-5-7-12-25/h5-7,11-14,18,22-24,29,41H,8-10,15-17,19-21H2,1-4H3,(H,37,42)(H,38,44)/t22-,23+,24-,29+/m0/s1. The van der Waals surface area contributed by atoms with Crippen LogP contribution in [0.4, 0.5) is 29.3 Å². The molecule has 0 saturated heterocycles. The predicted octanol–water partition coefficient (Wildman–Crippen LogP) is 5.93. The SMILES string of the molecule is C[C@H](CO)N1C[C@H](C)[C@@H](CN(C)C(=O)Nc2ccccc2)OCCCC[C@H](C)Oc2ccc(NC(=O)CCC(F)(F)F)cc2C1=O. The number of hydrogen-bond acceptors (Lipinski definition) is 6. The smallest absolute Gasteiger partial charge is 0.389 e. The number of carbonyl (C=O) groups is 3. The van der Waals surface area contributed by atoms with Crippen molar-refractivity contribution in [3.8, 4) is 5.75 Å². The molecule has 3 rings (SSSR count). The van der Waals surface area contributed by atoms with Crippen LogP contribution in [0, 0.1) is 5.92 Å². The number of ether oxygens (including phenoxy) is 2. The molecule has 2 aromatic carbocycles. The molecule has 0 fully saturated rings. The summed E-state index contributed by atoms with van der Waals surface area (Å²) in [6.07, 6.45) is -5.07. The molecule has 1 aliphatic rings. The first kappa shape index (κ1) is 36.6. The zero-order chi connectivity index (χ0) is 33.9. The Hall–Kier alpha value is -3.84. The first-order chi connectivity index (χ1) is 21.8. The van der Waals surface area contributed by atoms with Crippen molar-refractivity contribution in [2.24, 2.45) is 5.92 Å². The maximum atomic E-state index is 14.2. The molecule has 0 aliphatic carbocycles. The number of para-hydroxylation sites is 1. The Morgan fingerprint density at radius 3 is 2.48 bits per heavy atom. The average molecular weight is 651 g/mol. The summed E-state index contributed by atoms with van der Waals surface area (Å²) in [6, 6.07) is 12.5. The van der Waals surface area contributed by atoms with Crippen molar-refractivity contribution >= 4 is 29.2 Å². The Bertz CT molecular complexity index is 1300. The van der Waals surface area contributed by atoms with Gasteiger partial charge in [0.05, 0.1) is 36.8 Å². The zero-order valence-corrected chi connectivity index (χ0v) is 26.8. The van der Waals surface area contributed by atoms with Crippen molar-refractivity contribution in [1.29, 1.82) is 0 Å². The number of urea groups is 1. The van der Waals surface area contributed by atoms with Crippen LogP contribution in [0.15, 0.2) is 48.5 Å². The summed E-state index contributed by atoms with van der Waals surface area (Å²) in [5.41, 5.74) is 0.897. The van der Waals surface area contributed by atoms with Gasteiger partial charge in [-0.25, -0.2) is 4.79 Å². The van der Waals surface area contributed by atoms with E-state index in [1.807, 2.05) is 32.0 Å². The number of benzene rings is 2. The number of alkyl halides is 3. The molecule has 3 N–H and O–H groups in total. The van der Waals surface area contributed by atoms with Crippen LogP contribution in [0.5, 0.6) is 5.75 Å². The number of hydrogen-bond donors (Lipinski definition) is 3. The lowest BCUT2D eigenvalue weighted by atomic mass is 10.0. The molecule has 1 aliphatic heterocycles. The first-order valence-electron chi connectivity index (χ1n) is 15.5. The van der Waals surface area contributed by atoms with Crippen LogP contribution in [0.1, 0.15) is 63.2 Å². The monoisotopic (exact) mass is 650 g/mol. The minimum atomic E-state index is -4.48. The molecule has 0 saturated carbocycles. The zero-order valence-electron chi connectivity index (χ0n) is 26.8. The number of rotatable bonds is 8. The van der Waals surface area contributed by atoms with Gasteiger partial charge in [0.25, 0.3) is 5.91 Å². The fourth-order valence-electron chi connectivity index (χ4n) is 5.03. The number of anilines is 2. The highest BCUT2D eigenvalue weighted by Crippen LogP contribution is 2.29. The van der Waals surface area contributed by atoms with Gasteiger partial charge in [0, 0.05) is 50.5 Å². The predicted molar refractivity (Wildman–Crippen MR) is 169 cm³/mol. The average Bonchev–Trinajstić information content (AvgIpc) is 3.01. The minimum Gasteiger partial charge on any atom is -0.490 e. The van der Waals surface area contributed by atoms with E-state index in [0.717, 1.165) is 12.8 Å². The van der Waals surface area contributed by atoms with E-state index >= 15 is 0 Å². The maximum Gasteiger partial charge on any atom is 0.389 e. The highest BCUT2D eigenvalue weighted by Gasteiger charge is 2.31. The van der Waals surface area contributed by atoms with E-state index in [1.54, 1.807) is 26.1 Å². The molecule has 0 radical (unpaired) electrons. The van der Waals surface area contributed by atoms with E-state index in [2.05, 4.69) is 10.6 Å². The van der Waals surface area contributed by atoms with Gasteiger partial charge in [-0.3, -0.25) is 9.59 Å². The van der Waals surface area contributed by atoms with Crippen LogP contribution in [0.25, 0.3) is 0 Å². The second-order valence-electron chi connectivity index (χ2n) is 11.9. The molecular weight excluding hydrogens is 605 g/mol. The van der Waals surface area contributed by atoms with E-state index in [-0.39, 0.29) is 54.7 Å². The largest absolute Gasteiger partial charge is 0.490 e. The molecule has 1 heterocycles. The van der Waals surface area contributed by atoms with Crippen LogP contribution in [-0.2, 0) is 9.53 Å². The number of fused-ring (bicyclic) bond motifs is 1. The number of aliphatic hydroxyl groups excluding tert-OH is 1. The minimum absolute atomic E-state index is 0.0989. The molecule has 13 heteroatoms. The number of halogens is 3. The highest BCUT2D eigenvalue weighted by atomic mass is 19.4. The number of carbonyl (C=O) groups excluding carboxylic acids is 3. The molecule has 0 bridgehead atoms. The van der Waals surface area contributed by atoms with Crippen molar-refractivity contribution in [2.75, 3.05) is 44.0 Å². The van der Waals surface area contributed by atoms with E-state index in [9.17, 15) is 32.7 Å². The number of nitrogens with one attached hydrogen (secondary N) is 2.